The number of hydrogen-bond donors (Lipinski definition) is 2. The first kappa shape index (κ1) is 10.3. The van der Waals surface area contributed by atoms with E-state index in [0.717, 1.165) is 30.6 Å². The third-order valence-electron chi connectivity index (χ3n) is 2.83. The molecule has 0 saturated heterocycles. The number of nitrogen functional groups attached to an aromatic ring is 1. The zero-order valence-electron chi connectivity index (χ0n) is 8.94. The molecular weight excluding hydrogens is 190 g/mol. The molecule has 0 aromatic heterocycles. The maximum atomic E-state index is 10.0. The van der Waals surface area contributed by atoms with Crippen LogP contribution in [0.1, 0.15) is 37.9 Å². The molecule has 2 rings (SSSR count). The number of benzene rings is 1. The highest BCUT2D eigenvalue weighted by atomic mass is 16.5. The number of aliphatic hydroxyl groups is 1. The number of rotatable bonds is 3. The highest BCUT2D eigenvalue weighted by Gasteiger charge is 2.32. The summed E-state index contributed by atoms with van der Waals surface area (Å²) in [6.07, 6.45) is 2.47. The largest absolute Gasteiger partial charge is 0.487 e. The van der Waals surface area contributed by atoms with Crippen molar-refractivity contribution in [3.63, 3.8) is 0 Å². The van der Waals surface area contributed by atoms with Gasteiger partial charge >= 0.3 is 0 Å². The molecule has 1 aromatic rings. The Labute approximate surface area is 89.9 Å². The molecule has 0 saturated carbocycles. The molecule has 2 atom stereocenters. The Morgan fingerprint density at radius 3 is 3.00 bits per heavy atom. The van der Waals surface area contributed by atoms with Crippen LogP contribution in [0.2, 0.25) is 0 Å². The summed E-state index contributed by atoms with van der Waals surface area (Å²) < 4.78 is 5.67. The minimum Gasteiger partial charge on any atom is -0.487 e. The standard InChI is InChI=1S/C12H17NO2/c1-2-3-4-11-12(14)9-7-8(13)5-6-10(9)15-11/h5-7,11-12,14H,2-4,13H2,1H3. The highest BCUT2D eigenvalue weighted by Crippen LogP contribution is 2.39. The van der Waals surface area contributed by atoms with Gasteiger partial charge in [-0.15, -0.1) is 0 Å². The maximum absolute atomic E-state index is 10.0. The number of ether oxygens (including phenoxy) is 1. The lowest BCUT2D eigenvalue weighted by Crippen LogP contribution is -2.18. The van der Waals surface area contributed by atoms with Gasteiger partial charge in [0.05, 0.1) is 0 Å². The lowest BCUT2D eigenvalue weighted by atomic mass is 10.0. The first-order chi connectivity index (χ1) is 7.22. The monoisotopic (exact) mass is 207 g/mol. The topological polar surface area (TPSA) is 55.5 Å². The molecule has 3 heteroatoms. The summed E-state index contributed by atoms with van der Waals surface area (Å²) in [4.78, 5) is 0. The molecule has 1 aromatic carbocycles. The molecule has 1 aliphatic rings. The van der Waals surface area contributed by atoms with Crippen molar-refractivity contribution in [1.29, 1.82) is 0 Å². The summed E-state index contributed by atoms with van der Waals surface area (Å²) in [6.45, 7) is 2.13. The number of anilines is 1. The van der Waals surface area contributed by atoms with Crippen molar-refractivity contribution < 1.29 is 9.84 Å². The lowest BCUT2D eigenvalue weighted by molar-refractivity contribution is 0.0607. The van der Waals surface area contributed by atoms with Gasteiger partial charge in [-0.2, -0.15) is 0 Å². The van der Waals surface area contributed by atoms with E-state index < -0.39 is 6.10 Å². The van der Waals surface area contributed by atoms with Crippen LogP contribution in [0.15, 0.2) is 18.2 Å². The Morgan fingerprint density at radius 2 is 2.27 bits per heavy atom. The first-order valence-electron chi connectivity index (χ1n) is 5.46. The fourth-order valence-corrected chi connectivity index (χ4v) is 1.96. The van der Waals surface area contributed by atoms with Crippen LogP contribution >= 0.6 is 0 Å². The molecule has 2 unspecified atom stereocenters. The normalized spacial score (nSPS) is 23.6. The average Bonchev–Trinajstić information content (AvgIpc) is 2.53. The Hall–Kier alpha value is -1.22. The maximum Gasteiger partial charge on any atom is 0.129 e. The van der Waals surface area contributed by atoms with E-state index in [1.807, 2.05) is 6.07 Å². The fourth-order valence-electron chi connectivity index (χ4n) is 1.96. The zero-order chi connectivity index (χ0) is 10.8. The molecule has 15 heavy (non-hydrogen) atoms. The second-order valence-electron chi connectivity index (χ2n) is 4.04. The molecule has 0 radical (unpaired) electrons. The van der Waals surface area contributed by atoms with E-state index in [-0.39, 0.29) is 6.10 Å². The van der Waals surface area contributed by atoms with Gasteiger partial charge in [-0.1, -0.05) is 13.3 Å². The van der Waals surface area contributed by atoms with Gasteiger partial charge in [-0.3, -0.25) is 0 Å². The quantitative estimate of drug-likeness (QED) is 0.747. The predicted molar refractivity (Wildman–Crippen MR) is 59.8 cm³/mol. The SMILES string of the molecule is CCCCC1Oc2ccc(N)cc2C1O. The van der Waals surface area contributed by atoms with Gasteiger partial charge < -0.3 is 15.6 Å². The summed E-state index contributed by atoms with van der Waals surface area (Å²) >= 11 is 0. The molecule has 0 aliphatic carbocycles. The summed E-state index contributed by atoms with van der Waals surface area (Å²) in [7, 11) is 0. The van der Waals surface area contributed by atoms with E-state index in [1.165, 1.54) is 0 Å². The van der Waals surface area contributed by atoms with Gasteiger partial charge in [0.15, 0.2) is 0 Å². The highest BCUT2D eigenvalue weighted by molar-refractivity contribution is 5.50. The van der Waals surface area contributed by atoms with Crippen LogP contribution < -0.4 is 10.5 Å². The minimum atomic E-state index is -0.518. The van der Waals surface area contributed by atoms with Gasteiger partial charge in [0.1, 0.15) is 18.0 Å². The second kappa shape index (κ2) is 4.11. The molecule has 3 nitrogen and oxygen atoms in total. The van der Waals surface area contributed by atoms with Crippen molar-refractivity contribution in [3.05, 3.63) is 23.8 Å². The number of unbranched alkanes of at least 4 members (excludes halogenated alkanes) is 1. The summed E-state index contributed by atoms with van der Waals surface area (Å²) in [5.74, 6) is 0.776. The number of nitrogens with two attached hydrogens (primary N) is 1. The number of fused-ring (bicyclic) bond motifs is 1. The zero-order valence-corrected chi connectivity index (χ0v) is 8.94. The van der Waals surface area contributed by atoms with Crippen molar-refractivity contribution in [2.45, 2.75) is 38.4 Å². The lowest BCUT2D eigenvalue weighted by Gasteiger charge is -2.13. The molecule has 1 aliphatic heterocycles. The van der Waals surface area contributed by atoms with Crippen LogP contribution in [0.5, 0.6) is 5.75 Å². The van der Waals surface area contributed by atoms with Crippen molar-refractivity contribution in [1.82, 2.24) is 0 Å². The van der Waals surface area contributed by atoms with Crippen molar-refractivity contribution in [2.24, 2.45) is 0 Å². The Balaban J connectivity index is 2.14. The molecule has 0 spiro atoms. The van der Waals surface area contributed by atoms with Gasteiger partial charge in [0.2, 0.25) is 0 Å². The summed E-state index contributed by atoms with van der Waals surface area (Å²) in [5, 5.41) is 10.0. The number of hydrogen-bond acceptors (Lipinski definition) is 3. The first-order valence-corrected chi connectivity index (χ1v) is 5.46. The number of aliphatic hydroxyl groups excluding tert-OH is 1. The molecule has 0 fully saturated rings. The van der Waals surface area contributed by atoms with E-state index in [4.69, 9.17) is 10.5 Å². The van der Waals surface area contributed by atoms with E-state index >= 15 is 0 Å². The van der Waals surface area contributed by atoms with E-state index in [9.17, 15) is 5.11 Å². The van der Waals surface area contributed by atoms with Crippen molar-refractivity contribution in [2.75, 3.05) is 5.73 Å². The van der Waals surface area contributed by atoms with Crippen molar-refractivity contribution in [3.8, 4) is 5.75 Å². The summed E-state index contributed by atoms with van der Waals surface area (Å²) in [6, 6.07) is 5.43. The second-order valence-corrected chi connectivity index (χ2v) is 4.04. The molecule has 0 amide bonds. The predicted octanol–water partition coefficient (Wildman–Crippen LogP) is 2.25. The average molecular weight is 207 g/mol. The molecular formula is C12H17NO2. The molecule has 82 valence electrons. The Kier molecular flexibility index (Phi) is 2.82. The van der Waals surface area contributed by atoms with Gasteiger partial charge in [-0.05, 0) is 31.0 Å². The van der Waals surface area contributed by atoms with Crippen LogP contribution in [0, 0.1) is 0 Å². The van der Waals surface area contributed by atoms with E-state index in [1.54, 1.807) is 12.1 Å². The van der Waals surface area contributed by atoms with Gasteiger partial charge in [-0.25, -0.2) is 0 Å². The van der Waals surface area contributed by atoms with E-state index in [0.29, 0.717) is 5.69 Å². The third kappa shape index (κ3) is 1.92. The van der Waals surface area contributed by atoms with Crippen LogP contribution in [-0.2, 0) is 0 Å². The molecule has 0 bridgehead atoms. The third-order valence-corrected chi connectivity index (χ3v) is 2.83. The Bertz CT molecular complexity index is 351. The minimum absolute atomic E-state index is 0.0956. The van der Waals surface area contributed by atoms with Gasteiger partial charge in [0, 0.05) is 11.3 Å². The van der Waals surface area contributed by atoms with Crippen LogP contribution in [0.25, 0.3) is 0 Å². The fraction of sp³-hybridized carbons (Fsp3) is 0.500. The van der Waals surface area contributed by atoms with Crippen LogP contribution in [-0.4, -0.2) is 11.2 Å². The van der Waals surface area contributed by atoms with Gasteiger partial charge in [0.25, 0.3) is 0 Å². The Morgan fingerprint density at radius 1 is 1.47 bits per heavy atom. The van der Waals surface area contributed by atoms with E-state index in [2.05, 4.69) is 6.92 Å². The van der Waals surface area contributed by atoms with Crippen LogP contribution in [0.3, 0.4) is 0 Å². The smallest absolute Gasteiger partial charge is 0.129 e. The molecule has 3 N–H and O–H groups in total. The summed E-state index contributed by atoms with van der Waals surface area (Å²) in [5.41, 5.74) is 7.18. The van der Waals surface area contributed by atoms with Crippen LogP contribution in [0.4, 0.5) is 5.69 Å². The van der Waals surface area contributed by atoms with Crippen molar-refractivity contribution >= 4 is 5.69 Å². The molecule has 1 heterocycles.